The average molecular weight is 339 g/mol. The van der Waals surface area contributed by atoms with E-state index >= 15 is 0 Å². The lowest BCUT2D eigenvalue weighted by atomic mass is 10.2. The van der Waals surface area contributed by atoms with Crippen molar-refractivity contribution in [3.8, 4) is 0 Å². The van der Waals surface area contributed by atoms with Crippen LogP contribution in [0.5, 0.6) is 0 Å². The highest BCUT2D eigenvalue weighted by atomic mass is 16.1. The third-order valence-corrected chi connectivity index (χ3v) is 4.42. The zero-order chi connectivity index (χ0) is 17.8. The fourth-order valence-electron chi connectivity index (χ4n) is 3.08. The maximum atomic E-state index is 12.5. The van der Waals surface area contributed by atoms with E-state index in [1.54, 1.807) is 6.07 Å². The topological polar surface area (TPSA) is 70.2 Å². The van der Waals surface area contributed by atoms with Crippen molar-refractivity contribution < 1.29 is 4.79 Å². The molecule has 1 aromatic heterocycles. The summed E-state index contributed by atoms with van der Waals surface area (Å²) in [4.78, 5) is 23.2. The fraction of sp³-hybridized carbons (Fsp3) is 0.421. The largest absolute Gasteiger partial charge is 0.378 e. The number of anilines is 3. The normalized spacial score (nSPS) is 14.4. The lowest BCUT2D eigenvalue weighted by Gasteiger charge is -2.14. The Morgan fingerprint density at radius 3 is 2.44 bits per heavy atom. The lowest BCUT2D eigenvalue weighted by Crippen LogP contribution is -2.19. The van der Waals surface area contributed by atoms with E-state index in [2.05, 4.69) is 20.6 Å². The molecule has 0 saturated heterocycles. The van der Waals surface area contributed by atoms with Gasteiger partial charge in [-0.25, -0.2) is 9.97 Å². The molecule has 1 saturated carbocycles. The molecule has 0 radical (unpaired) electrons. The molecule has 0 bridgehead atoms. The molecule has 1 aliphatic rings. The van der Waals surface area contributed by atoms with Gasteiger partial charge in [0.05, 0.1) is 0 Å². The minimum atomic E-state index is -0.224. The Bertz CT molecular complexity index is 736. The van der Waals surface area contributed by atoms with E-state index in [1.807, 2.05) is 50.2 Å². The van der Waals surface area contributed by atoms with Gasteiger partial charge in [-0.15, -0.1) is 0 Å². The van der Waals surface area contributed by atoms with E-state index in [-0.39, 0.29) is 5.91 Å². The summed E-state index contributed by atoms with van der Waals surface area (Å²) in [7, 11) is 3.96. The lowest BCUT2D eigenvalue weighted by molar-refractivity contribution is 0.102. The predicted molar refractivity (Wildman–Crippen MR) is 101 cm³/mol. The number of carbonyl (C=O) groups is 1. The Morgan fingerprint density at radius 2 is 1.80 bits per heavy atom. The first-order chi connectivity index (χ1) is 12.0. The second kappa shape index (κ2) is 7.51. The molecule has 0 unspecified atom stereocenters. The van der Waals surface area contributed by atoms with Gasteiger partial charge in [0.1, 0.15) is 17.3 Å². The van der Waals surface area contributed by atoms with E-state index in [0.29, 0.717) is 17.6 Å². The standard InChI is InChI=1S/C19H25N5O/c1-13-20-17(12-18(21-13)22-14-6-4-5-7-14)19(25)23-15-8-10-16(11-9-15)24(2)3/h8-12,14H,4-7H2,1-3H3,(H,23,25)(H,20,21,22). The Morgan fingerprint density at radius 1 is 1.12 bits per heavy atom. The van der Waals surface area contributed by atoms with Crippen LogP contribution in [0.15, 0.2) is 30.3 Å². The Kier molecular flexibility index (Phi) is 5.16. The fourth-order valence-corrected chi connectivity index (χ4v) is 3.08. The summed E-state index contributed by atoms with van der Waals surface area (Å²) >= 11 is 0. The molecule has 1 aliphatic carbocycles. The zero-order valence-corrected chi connectivity index (χ0v) is 15.0. The highest BCUT2D eigenvalue weighted by Crippen LogP contribution is 2.22. The summed E-state index contributed by atoms with van der Waals surface area (Å²) in [6, 6.07) is 9.89. The summed E-state index contributed by atoms with van der Waals surface area (Å²) in [5, 5.41) is 6.32. The monoisotopic (exact) mass is 339 g/mol. The van der Waals surface area contributed by atoms with Gasteiger partial charge in [0.25, 0.3) is 5.91 Å². The molecule has 6 nitrogen and oxygen atoms in total. The van der Waals surface area contributed by atoms with Gasteiger partial charge in [-0.05, 0) is 44.0 Å². The first kappa shape index (κ1) is 17.2. The van der Waals surface area contributed by atoms with Gasteiger partial charge in [0.2, 0.25) is 0 Å². The molecule has 25 heavy (non-hydrogen) atoms. The van der Waals surface area contributed by atoms with Crippen molar-refractivity contribution in [3.63, 3.8) is 0 Å². The van der Waals surface area contributed by atoms with Gasteiger partial charge in [-0.2, -0.15) is 0 Å². The van der Waals surface area contributed by atoms with Crippen molar-refractivity contribution in [1.29, 1.82) is 0 Å². The van der Waals surface area contributed by atoms with Crippen LogP contribution in [0.2, 0.25) is 0 Å². The third kappa shape index (κ3) is 4.47. The van der Waals surface area contributed by atoms with E-state index in [0.717, 1.165) is 30.0 Å². The third-order valence-electron chi connectivity index (χ3n) is 4.42. The maximum absolute atomic E-state index is 12.5. The minimum Gasteiger partial charge on any atom is -0.378 e. The van der Waals surface area contributed by atoms with Gasteiger partial charge in [-0.3, -0.25) is 4.79 Å². The molecule has 0 spiro atoms. The molecular weight excluding hydrogens is 314 g/mol. The number of nitrogens with one attached hydrogen (secondary N) is 2. The minimum absolute atomic E-state index is 0.224. The Labute approximate surface area is 148 Å². The quantitative estimate of drug-likeness (QED) is 0.873. The Hall–Kier alpha value is -2.63. The van der Waals surface area contributed by atoms with Crippen LogP contribution in [-0.2, 0) is 0 Å². The summed E-state index contributed by atoms with van der Waals surface area (Å²) in [6.45, 7) is 1.81. The van der Waals surface area contributed by atoms with Gasteiger partial charge < -0.3 is 15.5 Å². The first-order valence-electron chi connectivity index (χ1n) is 8.72. The molecule has 3 rings (SSSR count). The van der Waals surface area contributed by atoms with E-state index in [1.165, 1.54) is 12.8 Å². The molecule has 1 fully saturated rings. The molecule has 0 aliphatic heterocycles. The molecule has 1 heterocycles. The van der Waals surface area contributed by atoms with Crippen molar-refractivity contribution in [2.75, 3.05) is 29.6 Å². The van der Waals surface area contributed by atoms with Crippen LogP contribution in [0, 0.1) is 6.92 Å². The number of rotatable bonds is 5. The van der Waals surface area contributed by atoms with Crippen LogP contribution < -0.4 is 15.5 Å². The van der Waals surface area contributed by atoms with Crippen molar-refractivity contribution in [3.05, 3.63) is 41.9 Å². The summed E-state index contributed by atoms with van der Waals surface area (Å²) in [6.07, 6.45) is 4.81. The van der Waals surface area contributed by atoms with E-state index < -0.39 is 0 Å². The molecule has 0 atom stereocenters. The van der Waals surface area contributed by atoms with Crippen LogP contribution in [-0.4, -0.2) is 36.0 Å². The highest BCUT2D eigenvalue weighted by Gasteiger charge is 2.17. The molecular formula is C19H25N5O. The number of amides is 1. The van der Waals surface area contributed by atoms with E-state index in [9.17, 15) is 4.79 Å². The van der Waals surface area contributed by atoms with Gasteiger partial charge in [-0.1, -0.05) is 12.8 Å². The molecule has 132 valence electrons. The smallest absolute Gasteiger partial charge is 0.274 e. The average Bonchev–Trinajstić information content (AvgIpc) is 3.07. The van der Waals surface area contributed by atoms with Crippen LogP contribution in [0.4, 0.5) is 17.2 Å². The summed E-state index contributed by atoms with van der Waals surface area (Å²) in [5.74, 6) is 1.10. The van der Waals surface area contributed by atoms with Gasteiger partial charge in [0, 0.05) is 37.6 Å². The van der Waals surface area contributed by atoms with Crippen molar-refractivity contribution in [2.24, 2.45) is 0 Å². The second-order valence-electron chi connectivity index (χ2n) is 6.71. The first-order valence-corrected chi connectivity index (χ1v) is 8.72. The maximum Gasteiger partial charge on any atom is 0.274 e. The van der Waals surface area contributed by atoms with Crippen LogP contribution >= 0.6 is 0 Å². The van der Waals surface area contributed by atoms with Gasteiger partial charge in [0.15, 0.2) is 0 Å². The van der Waals surface area contributed by atoms with Crippen molar-refractivity contribution in [1.82, 2.24) is 9.97 Å². The Balaban J connectivity index is 1.71. The molecule has 1 aromatic carbocycles. The number of hydrogen-bond donors (Lipinski definition) is 2. The zero-order valence-electron chi connectivity index (χ0n) is 15.0. The van der Waals surface area contributed by atoms with Gasteiger partial charge >= 0.3 is 0 Å². The summed E-state index contributed by atoms with van der Waals surface area (Å²) in [5.41, 5.74) is 2.21. The van der Waals surface area contributed by atoms with Crippen molar-refractivity contribution in [2.45, 2.75) is 38.6 Å². The number of aryl methyl sites for hydroxylation is 1. The predicted octanol–water partition coefficient (Wildman–Crippen LogP) is 3.46. The molecule has 2 aromatic rings. The number of benzene rings is 1. The number of aromatic nitrogens is 2. The molecule has 1 amide bonds. The number of nitrogens with zero attached hydrogens (tertiary/aromatic N) is 3. The van der Waals surface area contributed by atoms with Crippen LogP contribution in [0.25, 0.3) is 0 Å². The highest BCUT2D eigenvalue weighted by molar-refractivity contribution is 6.03. The summed E-state index contributed by atoms with van der Waals surface area (Å²) < 4.78 is 0. The second-order valence-corrected chi connectivity index (χ2v) is 6.71. The number of hydrogen-bond acceptors (Lipinski definition) is 5. The molecule has 6 heteroatoms. The van der Waals surface area contributed by atoms with Crippen molar-refractivity contribution >= 4 is 23.1 Å². The van der Waals surface area contributed by atoms with Crippen LogP contribution in [0.3, 0.4) is 0 Å². The van der Waals surface area contributed by atoms with E-state index in [4.69, 9.17) is 0 Å². The number of carbonyl (C=O) groups excluding carboxylic acids is 1. The molecule has 2 N–H and O–H groups in total. The van der Waals surface area contributed by atoms with Crippen LogP contribution in [0.1, 0.15) is 42.0 Å². The SMILES string of the molecule is Cc1nc(NC2CCCC2)cc(C(=O)Nc2ccc(N(C)C)cc2)n1.